The van der Waals surface area contributed by atoms with Crippen molar-refractivity contribution >= 4 is 0 Å². The van der Waals surface area contributed by atoms with Crippen LogP contribution in [0.3, 0.4) is 0 Å². The lowest BCUT2D eigenvalue weighted by molar-refractivity contribution is 0.262. The molecule has 25 heavy (non-hydrogen) atoms. The highest BCUT2D eigenvalue weighted by molar-refractivity contribution is 5.29. The quantitative estimate of drug-likeness (QED) is 0.481. The molecule has 1 aliphatic rings. The lowest BCUT2D eigenvalue weighted by Gasteiger charge is -2.35. The minimum atomic E-state index is -0.345. The van der Waals surface area contributed by atoms with E-state index >= 15 is 0 Å². The van der Waals surface area contributed by atoms with Crippen LogP contribution in [0.5, 0.6) is 0 Å². The lowest BCUT2D eigenvalue weighted by atomic mass is 9.67. The van der Waals surface area contributed by atoms with Crippen molar-refractivity contribution in [2.75, 3.05) is 0 Å². The van der Waals surface area contributed by atoms with Gasteiger partial charge in [-0.15, -0.1) is 0 Å². The number of nitriles is 1. The Morgan fingerprint density at radius 1 is 1.00 bits per heavy atom. The summed E-state index contributed by atoms with van der Waals surface area (Å²) in [4.78, 5) is 9.14. The molecule has 1 aliphatic carbocycles. The number of nitrogens with zero attached hydrogens (tertiary/aromatic N) is 3. The molecule has 0 atom stereocenters. The summed E-state index contributed by atoms with van der Waals surface area (Å²) in [5, 5.41) is 9.84. The van der Waals surface area contributed by atoms with E-state index in [1.807, 2.05) is 12.4 Å². The van der Waals surface area contributed by atoms with E-state index in [1.165, 1.54) is 64.2 Å². The number of unbranched alkanes of at least 4 members (excludes halogenated alkanes) is 5. The van der Waals surface area contributed by atoms with Gasteiger partial charge in [0.05, 0.1) is 11.5 Å². The normalized spacial score (nSPS) is 23.3. The van der Waals surface area contributed by atoms with Crippen LogP contribution in [-0.2, 0) is 11.8 Å². The van der Waals surface area contributed by atoms with Gasteiger partial charge in [0.1, 0.15) is 5.82 Å². The van der Waals surface area contributed by atoms with Crippen LogP contribution in [0.2, 0.25) is 0 Å². The molecule has 2 rings (SSSR count). The van der Waals surface area contributed by atoms with Gasteiger partial charge < -0.3 is 0 Å². The van der Waals surface area contributed by atoms with Crippen LogP contribution in [0.4, 0.5) is 0 Å². The predicted octanol–water partition coefficient (Wildman–Crippen LogP) is 6.13. The monoisotopic (exact) mass is 341 g/mol. The van der Waals surface area contributed by atoms with E-state index in [1.54, 1.807) is 0 Å². The third-order valence-electron chi connectivity index (χ3n) is 5.90. The van der Waals surface area contributed by atoms with E-state index in [2.05, 4.69) is 29.9 Å². The van der Waals surface area contributed by atoms with Crippen molar-refractivity contribution < 1.29 is 0 Å². The molecule has 1 heterocycles. The molecule has 1 fully saturated rings. The summed E-state index contributed by atoms with van der Waals surface area (Å²) in [6, 6.07) is 2.62. The van der Waals surface area contributed by atoms with Crippen LogP contribution < -0.4 is 0 Å². The molecule has 1 saturated carbocycles. The molecular weight excluding hydrogens is 306 g/mol. The Labute approximate surface area is 154 Å². The van der Waals surface area contributed by atoms with Crippen LogP contribution in [-0.4, -0.2) is 9.97 Å². The molecule has 0 aliphatic heterocycles. The summed E-state index contributed by atoms with van der Waals surface area (Å²) in [5.41, 5.74) is 0.696. The Morgan fingerprint density at radius 2 is 1.64 bits per heavy atom. The zero-order chi connectivity index (χ0) is 18.0. The van der Waals surface area contributed by atoms with E-state index in [0.29, 0.717) is 0 Å². The molecule has 0 amide bonds. The number of aryl methyl sites for hydroxylation is 1. The van der Waals surface area contributed by atoms with Crippen LogP contribution in [0.25, 0.3) is 0 Å². The topological polar surface area (TPSA) is 49.6 Å². The van der Waals surface area contributed by atoms with Gasteiger partial charge in [0.2, 0.25) is 0 Å². The minimum Gasteiger partial charge on any atom is -0.241 e. The maximum Gasteiger partial charge on any atom is 0.128 e. The van der Waals surface area contributed by atoms with E-state index in [-0.39, 0.29) is 5.41 Å². The van der Waals surface area contributed by atoms with Crippen molar-refractivity contribution in [1.29, 1.82) is 5.26 Å². The molecule has 138 valence electrons. The van der Waals surface area contributed by atoms with Crippen LogP contribution in [0, 0.1) is 17.2 Å². The molecule has 3 heteroatoms. The van der Waals surface area contributed by atoms with E-state index < -0.39 is 0 Å². The first kappa shape index (κ1) is 19.9. The second-order valence-corrected chi connectivity index (χ2v) is 7.83. The van der Waals surface area contributed by atoms with Crippen molar-refractivity contribution in [3.63, 3.8) is 0 Å². The van der Waals surface area contributed by atoms with Gasteiger partial charge in [-0.05, 0) is 38.0 Å². The van der Waals surface area contributed by atoms with Gasteiger partial charge in [0.15, 0.2) is 0 Å². The summed E-state index contributed by atoms with van der Waals surface area (Å²) >= 11 is 0. The Hall–Kier alpha value is -1.43. The first-order chi connectivity index (χ1) is 12.2. The fourth-order valence-corrected chi connectivity index (χ4v) is 4.03. The summed E-state index contributed by atoms with van der Waals surface area (Å²) in [6.07, 6.45) is 19.4. The Bertz CT molecular complexity index is 521. The Kier molecular flexibility index (Phi) is 8.38. The van der Waals surface area contributed by atoms with Gasteiger partial charge in [-0.2, -0.15) is 5.26 Å². The zero-order valence-corrected chi connectivity index (χ0v) is 16.3. The lowest BCUT2D eigenvalue weighted by Crippen LogP contribution is -2.30. The van der Waals surface area contributed by atoms with Gasteiger partial charge in [-0.1, -0.05) is 58.8 Å². The number of aromatic nitrogens is 2. The first-order valence-electron chi connectivity index (χ1n) is 10.5. The highest BCUT2D eigenvalue weighted by Gasteiger charge is 2.37. The predicted molar refractivity (Wildman–Crippen MR) is 103 cm³/mol. The fraction of sp³-hybridized carbons (Fsp3) is 0.773. The second-order valence-electron chi connectivity index (χ2n) is 7.83. The van der Waals surface area contributed by atoms with E-state index in [4.69, 9.17) is 0 Å². The van der Waals surface area contributed by atoms with Crippen molar-refractivity contribution in [2.45, 2.75) is 103 Å². The van der Waals surface area contributed by atoms with Crippen molar-refractivity contribution in [1.82, 2.24) is 9.97 Å². The fourth-order valence-electron chi connectivity index (χ4n) is 4.03. The molecule has 0 N–H and O–H groups in total. The smallest absolute Gasteiger partial charge is 0.128 e. The first-order valence-corrected chi connectivity index (χ1v) is 10.5. The molecule has 0 radical (unpaired) electrons. The number of hydrogen-bond donors (Lipinski definition) is 0. The van der Waals surface area contributed by atoms with Gasteiger partial charge in [-0.3, -0.25) is 0 Å². The Morgan fingerprint density at radius 3 is 2.24 bits per heavy atom. The molecule has 1 aromatic heterocycles. The number of rotatable bonds is 10. The van der Waals surface area contributed by atoms with Gasteiger partial charge in [0, 0.05) is 24.4 Å². The molecule has 0 aromatic carbocycles. The maximum atomic E-state index is 9.84. The second kappa shape index (κ2) is 10.5. The SMILES string of the molecule is CCCCCCCc1ncc([C@]2(C#N)CC[C@H](CCCC)CC2)cn1. The summed E-state index contributed by atoms with van der Waals surface area (Å²) in [6.45, 7) is 4.50. The summed E-state index contributed by atoms with van der Waals surface area (Å²) in [5.74, 6) is 1.75. The van der Waals surface area contributed by atoms with Crippen molar-refractivity contribution in [3.05, 3.63) is 23.8 Å². The van der Waals surface area contributed by atoms with Crippen LogP contribution in [0.1, 0.15) is 102 Å². The van der Waals surface area contributed by atoms with Crippen LogP contribution in [0.15, 0.2) is 12.4 Å². The third kappa shape index (κ3) is 5.80. The average Bonchev–Trinajstić information content (AvgIpc) is 2.67. The molecule has 1 aromatic rings. The molecular formula is C22H35N3. The maximum absolute atomic E-state index is 9.84. The van der Waals surface area contributed by atoms with Crippen molar-refractivity contribution in [3.8, 4) is 6.07 Å². The van der Waals surface area contributed by atoms with Gasteiger partial charge in [0.25, 0.3) is 0 Å². The van der Waals surface area contributed by atoms with Gasteiger partial charge in [-0.25, -0.2) is 9.97 Å². The van der Waals surface area contributed by atoms with Crippen molar-refractivity contribution in [2.24, 2.45) is 5.92 Å². The molecule has 0 saturated heterocycles. The summed E-state index contributed by atoms with van der Waals surface area (Å²) < 4.78 is 0. The standard InChI is InChI=1S/C22H35N3/c1-3-5-7-8-9-11-21-24-16-20(17-25-21)22(18-23)14-12-19(13-15-22)10-6-4-2/h16-17,19H,3-15H2,1-2H3/t19-,22+. The molecule has 0 bridgehead atoms. The average molecular weight is 342 g/mol. The minimum absolute atomic E-state index is 0.345. The Balaban J connectivity index is 1.88. The largest absolute Gasteiger partial charge is 0.241 e. The molecule has 0 unspecified atom stereocenters. The highest BCUT2D eigenvalue weighted by Crippen LogP contribution is 2.42. The number of hydrogen-bond acceptors (Lipinski definition) is 3. The molecule has 3 nitrogen and oxygen atoms in total. The van der Waals surface area contributed by atoms with Crippen LogP contribution >= 0.6 is 0 Å². The van der Waals surface area contributed by atoms with E-state index in [9.17, 15) is 5.26 Å². The highest BCUT2D eigenvalue weighted by atomic mass is 14.9. The zero-order valence-electron chi connectivity index (χ0n) is 16.3. The third-order valence-corrected chi connectivity index (χ3v) is 5.90. The van der Waals surface area contributed by atoms with Gasteiger partial charge >= 0.3 is 0 Å². The van der Waals surface area contributed by atoms with E-state index in [0.717, 1.165) is 36.6 Å². The summed E-state index contributed by atoms with van der Waals surface area (Å²) in [7, 11) is 0. The molecule has 0 spiro atoms.